The van der Waals surface area contributed by atoms with E-state index < -0.39 is 5.95 Å². The standard InChI is InChI=1S/C18H18FIN6O.2ClH/c19-16-2-1-3-17(25-16)22-7-9-26(8-6-21)18(27)15-11-23-14-10-12(20)4-5-13(14)24-15;;/h1-5,10-11H,6-9,21H2,(H,22,25);2*1H. The Morgan fingerprint density at radius 1 is 1.14 bits per heavy atom. The first-order chi connectivity index (χ1) is 13.1. The number of fused-ring (bicyclic) bond motifs is 1. The van der Waals surface area contributed by atoms with Crippen LogP contribution in [0.4, 0.5) is 10.2 Å². The molecule has 1 aromatic carbocycles. The predicted octanol–water partition coefficient (Wildman–Crippen LogP) is 3.13. The van der Waals surface area contributed by atoms with Crippen LogP contribution >= 0.6 is 47.4 Å². The summed E-state index contributed by atoms with van der Waals surface area (Å²) in [5, 5.41) is 2.99. The second-order valence-electron chi connectivity index (χ2n) is 5.74. The lowest BCUT2D eigenvalue weighted by Crippen LogP contribution is -2.39. The molecule has 0 bridgehead atoms. The van der Waals surface area contributed by atoms with Crippen LogP contribution in [0, 0.1) is 9.52 Å². The molecular weight excluding hydrogens is 533 g/mol. The lowest BCUT2D eigenvalue weighted by molar-refractivity contribution is 0.0760. The first kappa shape index (κ1) is 25.2. The minimum Gasteiger partial charge on any atom is -0.368 e. The van der Waals surface area contributed by atoms with Gasteiger partial charge in [-0.3, -0.25) is 9.78 Å². The van der Waals surface area contributed by atoms with E-state index in [1.54, 1.807) is 17.0 Å². The van der Waals surface area contributed by atoms with Crippen molar-refractivity contribution < 1.29 is 9.18 Å². The van der Waals surface area contributed by atoms with Crippen molar-refractivity contribution in [3.63, 3.8) is 0 Å². The zero-order valence-electron chi connectivity index (χ0n) is 15.2. The quantitative estimate of drug-likeness (QED) is 0.345. The van der Waals surface area contributed by atoms with Crippen molar-refractivity contribution >= 4 is 70.2 Å². The molecular formula is C18H20Cl2FIN6O. The molecule has 7 nitrogen and oxygen atoms in total. The number of hydrogen-bond acceptors (Lipinski definition) is 6. The highest BCUT2D eigenvalue weighted by atomic mass is 127. The molecule has 29 heavy (non-hydrogen) atoms. The highest BCUT2D eigenvalue weighted by molar-refractivity contribution is 14.1. The van der Waals surface area contributed by atoms with E-state index in [2.05, 4.69) is 42.9 Å². The van der Waals surface area contributed by atoms with Crippen molar-refractivity contribution in [2.24, 2.45) is 5.73 Å². The van der Waals surface area contributed by atoms with E-state index in [0.29, 0.717) is 37.5 Å². The fourth-order valence-corrected chi connectivity index (χ4v) is 3.02. The molecule has 1 amide bonds. The topological polar surface area (TPSA) is 97.0 Å². The van der Waals surface area contributed by atoms with Crippen molar-refractivity contribution in [2.45, 2.75) is 0 Å². The molecule has 3 rings (SSSR count). The minimum absolute atomic E-state index is 0. The SMILES string of the molecule is Cl.Cl.NCCN(CCNc1cccc(F)n1)C(=O)c1cnc2cc(I)ccc2n1. The molecule has 0 aliphatic carbocycles. The van der Waals surface area contributed by atoms with Gasteiger partial charge in [0.05, 0.1) is 17.2 Å². The smallest absolute Gasteiger partial charge is 0.274 e. The lowest BCUT2D eigenvalue weighted by atomic mass is 10.3. The van der Waals surface area contributed by atoms with Crippen LogP contribution in [0.1, 0.15) is 10.5 Å². The molecule has 11 heteroatoms. The fourth-order valence-electron chi connectivity index (χ4n) is 2.55. The number of benzene rings is 1. The summed E-state index contributed by atoms with van der Waals surface area (Å²) >= 11 is 2.20. The molecule has 2 heterocycles. The van der Waals surface area contributed by atoms with E-state index in [-0.39, 0.29) is 36.4 Å². The number of nitrogens with two attached hydrogens (primary N) is 1. The Morgan fingerprint density at radius 2 is 1.93 bits per heavy atom. The molecule has 0 saturated heterocycles. The van der Waals surface area contributed by atoms with Crippen molar-refractivity contribution in [2.75, 3.05) is 31.5 Å². The molecule has 0 fully saturated rings. The number of anilines is 1. The summed E-state index contributed by atoms with van der Waals surface area (Å²) in [6, 6.07) is 10.2. The summed E-state index contributed by atoms with van der Waals surface area (Å²) < 4.78 is 14.2. The van der Waals surface area contributed by atoms with Crippen molar-refractivity contribution in [3.8, 4) is 0 Å². The van der Waals surface area contributed by atoms with Crippen LogP contribution in [0.25, 0.3) is 11.0 Å². The zero-order valence-corrected chi connectivity index (χ0v) is 19.0. The van der Waals surface area contributed by atoms with E-state index in [1.165, 1.54) is 12.3 Å². The number of amides is 1. The second-order valence-corrected chi connectivity index (χ2v) is 6.99. The van der Waals surface area contributed by atoms with Crippen LogP contribution in [0.5, 0.6) is 0 Å². The number of rotatable bonds is 7. The van der Waals surface area contributed by atoms with Crippen LogP contribution < -0.4 is 11.1 Å². The number of carbonyl (C=O) groups excluding carboxylic acids is 1. The first-order valence-corrected chi connectivity index (χ1v) is 9.43. The van der Waals surface area contributed by atoms with Crippen LogP contribution in [0.2, 0.25) is 0 Å². The lowest BCUT2D eigenvalue weighted by Gasteiger charge is -2.22. The molecule has 3 N–H and O–H groups in total. The third-order valence-corrected chi connectivity index (χ3v) is 4.48. The largest absolute Gasteiger partial charge is 0.368 e. The minimum atomic E-state index is -0.559. The highest BCUT2D eigenvalue weighted by Crippen LogP contribution is 2.14. The highest BCUT2D eigenvalue weighted by Gasteiger charge is 2.17. The van der Waals surface area contributed by atoms with Gasteiger partial charge in [-0.1, -0.05) is 6.07 Å². The number of carbonyl (C=O) groups is 1. The first-order valence-electron chi connectivity index (χ1n) is 8.35. The van der Waals surface area contributed by atoms with Crippen molar-refractivity contribution in [3.05, 3.63) is 57.8 Å². The normalized spacial score (nSPS) is 10.0. The zero-order chi connectivity index (χ0) is 19.2. The Bertz CT molecular complexity index is 965. The molecule has 0 aliphatic heterocycles. The number of pyridine rings is 1. The van der Waals surface area contributed by atoms with Gasteiger partial charge in [-0.2, -0.15) is 4.39 Å². The van der Waals surface area contributed by atoms with Gasteiger partial charge in [-0.15, -0.1) is 24.8 Å². The monoisotopic (exact) mass is 552 g/mol. The van der Waals surface area contributed by atoms with Gasteiger partial charge in [0, 0.05) is 29.7 Å². The summed E-state index contributed by atoms with van der Waals surface area (Å²) in [5.74, 6) is -0.395. The maximum absolute atomic E-state index is 13.1. The van der Waals surface area contributed by atoms with E-state index in [0.717, 1.165) is 9.09 Å². The molecule has 0 aliphatic rings. The van der Waals surface area contributed by atoms with Crippen LogP contribution in [0.3, 0.4) is 0 Å². The molecule has 2 aromatic heterocycles. The molecule has 0 unspecified atom stereocenters. The average molecular weight is 553 g/mol. The van der Waals surface area contributed by atoms with E-state index in [1.807, 2.05) is 18.2 Å². The number of halogens is 4. The van der Waals surface area contributed by atoms with Gasteiger partial charge in [0.15, 0.2) is 0 Å². The molecule has 156 valence electrons. The number of aromatic nitrogens is 3. The van der Waals surface area contributed by atoms with Gasteiger partial charge >= 0.3 is 0 Å². The Kier molecular flexibility index (Phi) is 10.4. The number of nitrogens with one attached hydrogen (secondary N) is 1. The van der Waals surface area contributed by atoms with Crippen molar-refractivity contribution in [1.82, 2.24) is 19.9 Å². The molecule has 3 aromatic rings. The van der Waals surface area contributed by atoms with Crippen LogP contribution in [-0.4, -0.2) is 51.9 Å². The van der Waals surface area contributed by atoms with Gasteiger partial charge in [0.2, 0.25) is 5.95 Å². The summed E-state index contributed by atoms with van der Waals surface area (Å²) in [5.41, 5.74) is 7.31. The number of hydrogen-bond donors (Lipinski definition) is 2. The van der Waals surface area contributed by atoms with E-state index in [4.69, 9.17) is 5.73 Å². The Labute approximate surface area is 193 Å². The summed E-state index contributed by atoms with van der Waals surface area (Å²) in [4.78, 5) is 26.9. The number of nitrogens with zero attached hydrogens (tertiary/aromatic N) is 4. The molecule has 0 radical (unpaired) electrons. The van der Waals surface area contributed by atoms with E-state index in [9.17, 15) is 9.18 Å². The average Bonchev–Trinajstić information content (AvgIpc) is 2.66. The Balaban J connectivity index is 0.00000210. The predicted molar refractivity (Wildman–Crippen MR) is 124 cm³/mol. The summed E-state index contributed by atoms with van der Waals surface area (Å²) in [6.45, 7) is 1.48. The van der Waals surface area contributed by atoms with E-state index >= 15 is 0 Å². The Hall–Kier alpha value is -1.82. The third kappa shape index (κ3) is 6.88. The third-order valence-electron chi connectivity index (χ3n) is 3.81. The van der Waals surface area contributed by atoms with Crippen molar-refractivity contribution in [1.29, 1.82) is 0 Å². The Morgan fingerprint density at radius 3 is 2.66 bits per heavy atom. The van der Waals surface area contributed by atoms with Crippen LogP contribution in [0.15, 0.2) is 42.6 Å². The summed E-state index contributed by atoms with van der Waals surface area (Å²) in [6.07, 6.45) is 1.48. The van der Waals surface area contributed by atoms with Gasteiger partial charge in [-0.25, -0.2) is 9.97 Å². The molecule has 0 spiro atoms. The summed E-state index contributed by atoms with van der Waals surface area (Å²) in [7, 11) is 0. The molecule has 0 atom stereocenters. The van der Waals surface area contributed by atoms with Crippen LogP contribution in [-0.2, 0) is 0 Å². The van der Waals surface area contributed by atoms with Gasteiger partial charge in [-0.05, 0) is 52.9 Å². The fraction of sp³-hybridized carbons (Fsp3) is 0.222. The maximum Gasteiger partial charge on any atom is 0.274 e. The van der Waals surface area contributed by atoms with Gasteiger partial charge < -0.3 is 16.0 Å². The van der Waals surface area contributed by atoms with Gasteiger partial charge in [0.1, 0.15) is 11.5 Å². The second kappa shape index (κ2) is 12.0. The maximum atomic E-state index is 13.1. The molecule has 0 saturated carbocycles. The van der Waals surface area contributed by atoms with Gasteiger partial charge in [0.25, 0.3) is 5.91 Å².